The summed E-state index contributed by atoms with van der Waals surface area (Å²) in [6, 6.07) is 4.82. The van der Waals surface area contributed by atoms with Gasteiger partial charge in [0.25, 0.3) is 5.91 Å². The van der Waals surface area contributed by atoms with Crippen LogP contribution in [0.5, 0.6) is 5.75 Å². The van der Waals surface area contributed by atoms with Gasteiger partial charge < -0.3 is 14.4 Å². The number of nitrogens with zero attached hydrogens (tertiary/aromatic N) is 2. The van der Waals surface area contributed by atoms with E-state index < -0.39 is 12.0 Å². The Kier molecular flexibility index (Phi) is 5.54. The van der Waals surface area contributed by atoms with E-state index in [-0.39, 0.29) is 16.1 Å². The summed E-state index contributed by atoms with van der Waals surface area (Å²) >= 11 is 6.48. The number of aliphatic carboxylic acids is 1. The maximum Gasteiger partial charge on any atom is 0.327 e. The van der Waals surface area contributed by atoms with Crippen LogP contribution in [0.15, 0.2) is 23.1 Å². The van der Waals surface area contributed by atoms with E-state index >= 15 is 0 Å². The predicted molar refractivity (Wildman–Crippen MR) is 115 cm³/mol. The van der Waals surface area contributed by atoms with E-state index in [4.69, 9.17) is 17.0 Å². The molecule has 148 valence electrons. The van der Waals surface area contributed by atoms with Crippen molar-refractivity contribution in [1.29, 1.82) is 0 Å². The van der Waals surface area contributed by atoms with Crippen molar-refractivity contribution in [3.8, 4) is 5.75 Å². The number of carbonyl (C=O) groups is 2. The Bertz CT molecular complexity index is 1020. The van der Waals surface area contributed by atoms with Crippen molar-refractivity contribution in [3.05, 3.63) is 34.4 Å². The first-order valence-corrected chi connectivity index (χ1v) is 10.0. The summed E-state index contributed by atoms with van der Waals surface area (Å²) < 4.78 is 7.66. The highest BCUT2D eigenvalue weighted by molar-refractivity contribution is 8.26. The summed E-state index contributed by atoms with van der Waals surface area (Å²) in [5, 5.41) is 10.5. The highest BCUT2D eigenvalue weighted by atomic mass is 32.2. The zero-order chi connectivity index (χ0) is 20.7. The third-order valence-electron chi connectivity index (χ3n) is 5.01. The topological polar surface area (TPSA) is 71.8 Å². The van der Waals surface area contributed by atoms with Gasteiger partial charge in [-0.1, -0.05) is 37.8 Å². The van der Waals surface area contributed by atoms with E-state index in [1.165, 1.54) is 4.90 Å². The average Bonchev–Trinajstić information content (AvgIpc) is 3.04. The molecule has 0 unspecified atom stereocenters. The molecule has 1 saturated heterocycles. The smallest absolute Gasteiger partial charge is 0.327 e. The number of aryl methyl sites for hydroxylation is 1. The molecule has 0 spiro atoms. The zero-order valence-corrected chi connectivity index (χ0v) is 18.0. The Morgan fingerprint density at radius 3 is 2.61 bits per heavy atom. The molecule has 1 amide bonds. The lowest BCUT2D eigenvalue weighted by Gasteiger charge is -2.26. The van der Waals surface area contributed by atoms with Crippen LogP contribution in [0.25, 0.3) is 17.0 Å². The van der Waals surface area contributed by atoms with E-state index in [0.717, 1.165) is 39.7 Å². The fourth-order valence-electron chi connectivity index (χ4n) is 3.43. The standard InChI is InChI=1S/C20H22N2O4S2/c1-10(2)17(19(24)25)22-18(23)16(28-20(22)27)9-13-11(3)21(4)15-7-6-12(26-5)8-14(13)15/h6-10,17H,1-5H3,(H,24,25)/b16-9-/t17-/m0/s1. The van der Waals surface area contributed by atoms with Gasteiger partial charge in [-0.05, 0) is 37.1 Å². The van der Waals surface area contributed by atoms with Crippen molar-refractivity contribution >= 4 is 57.2 Å². The molecule has 28 heavy (non-hydrogen) atoms. The van der Waals surface area contributed by atoms with Crippen molar-refractivity contribution in [2.75, 3.05) is 7.11 Å². The van der Waals surface area contributed by atoms with Crippen molar-refractivity contribution in [2.45, 2.75) is 26.8 Å². The second-order valence-electron chi connectivity index (χ2n) is 7.02. The number of fused-ring (bicyclic) bond motifs is 1. The molecule has 1 aliphatic rings. The predicted octanol–water partition coefficient (Wildman–Crippen LogP) is 3.81. The summed E-state index contributed by atoms with van der Waals surface area (Å²) in [7, 11) is 3.58. The van der Waals surface area contributed by atoms with Gasteiger partial charge >= 0.3 is 5.97 Å². The Morgan fingerprint density at radius 2 is 2.04 bits per heavy atom. The summed E-state index contributed by atoms with van der Waals surface area (Å²) in [4.78, 5) is 26.3. The second kappa shape index (κ2) is 7.60. The van der Waals surface area contributed by atoms with Crippen LogP contribution in [0.3, 0.4) is 0 Å². The van der Waals surface area contributed by atoms with Gasteiger partial charge in [-0.2, -0.15) is 0 Å². The molecule has 6 nitrogen and oxygen atoms in total. The van der Waals surface area contributed by atoms with Crippen LogP contribution in [0.1, 0.15) is 25.1 Å². The third-order valence-corrected chi connectivity index (χ3v) is 6.34. The number of benzene rings is 1. The minimum Gasteiger partial charge on any atom is -0.497 e. The molecule has 1 aliphatic heterocycles. The molecular weight excluding hydrogens is 396 g/mol. The third kappa shape index (κ3) is 3.31. The minimum absolute atomic E-state index is 0.261. The van der Waals surface area contributed by atoms with Crippen LogP contribution in [0.2, 0.25) is 0 Å². The van der Waals surface area contributed by atoms with Crippen molar-refractivity contribution < 1.29 is 19.4 Å². The molecule has 0 saturated carbocycles. The van der Waals surface area contributed by atoms with Crippen molar-refractivity contribution in [1.82, 2.24) is 9.47 Å². The quantitative estimate of drug-likeness (QED) is 0.588. The van der Waals surface area contributed by atoms with E-state index in [2.05, 4.69) is 4.57 Å². The Hall–Kier alpha value is -2.32. The second-order valence-corrected chi connectivity index (χ2v) is 8.70. The van der Waals surface area contributed by atoms with Crippen molar-refractivity contribution in [2.24, 2.45) is 13.0 Å². The summed E-state index contributed by atoms with van der Waals surface area (Å²) in [6.45, 7) is 5.51. The van der Waals surface area contributed by atoms with E-state index in [0.29, 0.717) is 4.91 Å². The van der Waals surface area contributed by atoms with Gasteiger partial charge in [0.2, 0.25) is 0 Å². The number of ether oxygens (including phenoxy) is 1. The lowest BCUT2D eigenvalue weighted by Crippen LogP contribution is -2.47. The number of aromatic nitrogens is 1. The molecular formula is C20H22N2O4S2. The SMILES string of the molecule is COc1ccc2c(c1)c(/C=C1\SC(=S)N([C@H](C(=O)O)C(C)C)C1=O)c(C)n2C. The average molecular weight is 419 g/mol. The first-order valence-electron chi connectivity index (χ1n) is 8.80. The molecule has 1 fully saturated rings. The lowest BCUT2D eigenvalue weighted by molar-refractivity contribution is -0.146. The number of methoxy groups -OCH3 is 1. The Balaban J connectivity index is 2.10. The first-order chi connectivity index (χ1) is 13.2. The van der Waals surface area contributed by atoms with Crippen molar-refractivity contribution in [3.63, 3.8) is 0 Å². The number of amides is 1. The molecule has 1 aromatic carbocycles. The number of carbonyl (C=O) groups excluding carboxylic acids is 1. The number of hydrogen-bond acceptors (Lipinski definition) is 5. The normalized spacial score (nSPS) is 17.2. The zero-order valence-electron chi connectivity index (χ0n) is 16.3. The van der Waals surface area contributed by atoms with Gasteiger partial charge in [0.05, 0.1) is 12.0 Å². The largest absolute Gasteiger partial charge is 0.497 e. The summed E-state index contributed by atoms with van der Waals surface area (Å²) in [5.74, 6) is -0.956. The summed E-state index contributed by atoms with van der Waals surface area (Å²) in [5.41, 5.74) is 2.91. The molecule has 8 heteroatoms. The molecule has 0 radical (unpaired) electrons. The monoisotopic (exact) mass is 418 g/mol. The molecule has 0 bridgehead atoms. The highest BCUT2D eigenvalue weighted by Gasteiger charge is 2.42. The van der Waals surface area contributed by atoms with Gasteiger partial charge in [0.15, 0.2) is 0 Å². The lowest BCUT2D eigenvalue weighted by atomic mass is 10.0. The number of rotatable bonds is 5. The molecule has 2 aromatic rings. The van der Waals surface area contributed by atoms with Gasteiger partial charge in [0, 0.05) is 29.2 Å². The van der Waals surface area contributed by atoms with Crippen LogP contribution in [0, 0.1) is 12.8 Å². The molecule has 1 aromatic heterocycles. The fraction of sp³-hybridized carbons (Fsp3) is 0.350. The van der Waals surface area contributed by atoms with Gasteiger partial charge in [-0.25, -0.2) is 4.79 Å². The number of hydrogen-bond donors (Lipinski definition) is 1. The molecule has 3 rings (SSSR count). The molecule has 1 N–H and O–H groups in total. The highest BCUT2D eigenvalue weighted by Crippen LogP contribution is 2.38. The molecule has 1 atom stereocenters. The van der Waals surface area contributed by atoms with Crippen LogP contribution >= 0.6 is 24.0 Å². The Labute approximate surface area is 173 Å². The van der Waals surface area contributed by atoms with Gasteiger partial charge in [-0.3, -0.25) is 9.69 Å². The number of thiocarbonyl (C=S) groups is 1. The van der Waals surface area contributed by atoms with Crippen LogP contribution in [-0.4, -0.2) is 43.9 Å². The number of carboxylic acids is 1. The maximum absolute atomic E-state index is 13.0. The van der Waals surface area contributed by atoms with Crippen LogP contribution in [-0.2, 0) is 16.6 Å². The van der Waals surface area contributed by atoms with E-state index in [9.17, 15) is 14.7 Å². The van der Waals surface area contributed by atoms with E-state index in [1.54, 1.807) is 27.0 Å². The van der Waals surface area contributed by atoms with Crippen LogP contribution < -0.4 is 4.74 Å². The summed E-state index contributed by atoms with van der Waals surface area (Å²) in [6.07, 6.45) is 1.80. The van der Waals surface area contributed by atoms with E-state index in [1.807, 2.05) is 32.2 Å². The number of thioether (sulfide) groups is 1. The minimum atomic E-state index is -1.06. The van der Waals surface area contributed by atoms with Crippen LogP contribution in [0.4, 0.5) is 0 Å². The van der Waals surface area contributed by atoms with Gasteiger partial charge in [0.1, 0.15) is 16.1 Å². The maximum atomic E-state index is 13.0. The fourth-order valence-corrected chi connectivity index (χ4v) is 4.74. The molecule has 2 heterocycles. The van der Waals surface area contributed by atoms with Gasteiger partial charge in [-0.15, -0.1) is 0 Å². The molecule has 0 aliphatic carbocycles. The Morgan fingerprint density at radius 1 is 1.36 bits per heavy atom. The first kappa shape index (κ1) is 20.4. The number of carboxylic acid groups (broad SMARTS) is 1.